The molecule has 0 unspecified atom stereocenters. The number of aliphatic hydroxyl groups excluding tert-OH is 1. The van der Waals surface area contributed by atoms with Crippen LogP contribution >= 0.6 is 11.8 Å². The Bertz CT molecular complexity index is 1050. The van der Waals surface area contributed by atoms with Crippen LogP contribution in [0.15, 0.2) is 47.8 Å². The number of fused-ring (bicyclic) bond motifs is 2. The van der Waals surface area contributed by atoms with Gasteiger partial charge in [0.05, 0.1) is 23.9 Å². The number of thioether (sulfide) groups is 1. The molecule has 1 aliphatic heterocycles. The Hall–Kier alpha value is -2.38. The van der Waals surface area contributed by atoms with E-state index < -0.39 is 0 Å². The highest BCUT2D eigenvalue weighted by Gasteiger charge is 2.42. The quantitative estimate of drug-likeness (QED) is 0.622. The van der Waals surface area contributed by atoms with Crippen LogP contribution < -0.4 is 10.2 Å². The second-order valence-electron chi connectivity index (χ2n) is 8.49. The van der Waals surface area contributed by atoms with Crippen LogP contribution in [0, 0.1) is 18.8 Å². The molecule has 6 nitrogen and oxygen atoms in total. The first-order chi connectivity index (χ1) is 14.6. The fourth-order valence-corrected chi connectivity index (χ4v) is 5.42. The van der Waals surface area contributed by atoms with Crippen molar-refractivity contribution in [3.63, 3.8) is 0 Å². The topological polar surface area (TPSA) is 74.2 Å². The Kier molecular flexibility index (Phi) is 5.25. The predicted octanol–water partition coefficient (Wildman–Crippen LogP) is 3.74. The van der Waals surface area contributed by atoms with Crippen molar-refractivity contribution in [3.05, 3.63) is 48.4 Å². The highest BCUT2D eigenvalue weighted by atomic mass is 32.2. The zero-order chi connectivity index (χ0) is 20.7. The van der Waals surface area contributed by atoms with E-state index in [0.717, 1.165) is 43.1 Å². The minimum absolute atomic E-state index is 0.0123. The molecule has 5 rings (SSSR count). The smallest absolute Gasteiger partial charge is 0.144 e. The van der Waals surface area contributed by atoms with Crippen molar-refractivity contribution in [1.29, 1.82) is 0 Å². The summed E-state index contributed by atoms with van der Waals surface area (Å²) < 4.78 is 0. The summed E-state index contributed by atoms with van der Waals surface area (Å²) in [5, 5.41) is 15.3. The molecule has 2 fully saturated rings. The van der Waals surface area contributed by atoms with Gasteiger partial charge in [0.25, 0.3) is 0 Å². The number of anilines is 2. The van der Waals surface area contributed by atoms with Crippen molar-refractivity contribution in [1.82, 2.24) is 15.0 Å². The molecule has 1 saturated heterocycles. The number of aromatic nitrogens is 3. The van der Waals surface area contributed by atoms with Crippen LogP contribution in [0.1, 0.15) is 18.4 Å². The Morgan fingerprint density at radius 3 is 2.73 bits per heavy atom. The molecule has 1 aliphatic carbocycles. The number of hydrogen-bond donors (Lipinski definition) is 2. The molecule has 2 aromatic heterocycles. The van der Waals surface area contributed by atoms with Crippen molar-refractivity contribution < 1.29 is 5.11 Å². The first kappa shape index (κ1) is 19.6. The molecule has 4 atom stereocenters. The van der Waals surface area contributed by atoms with E-state index in [1.807, 2.05) is 0 Å². The Morgan fingerprint density at radius 1 is 1.13 bits per heavy atom. The van der Waals surface area contributed by atoms with E-state index in [2.05, 4.69) is 57.6 Å². The fraction of sp³-hybridized carbons (Fsp3) is 0.435. The van der Waals surface area contributed by atoms with Gasteiger partial charge >= 0.3 is 0 Å². The zero-order valence-electron chi connectivity index (χ0n) is 17.3. The third-order valence-corrected chi connectivity index (χ3v) is 7.30. The first-order valence-corrected chi connectivity index (χ1v) is 11.7. The summed E-state index contributed by atoms with van der Waals surface area (Å²) in [6.07, 6.45) is 8.51. The number of benzene rings is 1. The van der Waals surface area contributed by atoms with Crippen LogP contribution in [0.4, 0.5) is 11.6 Å². The summed E-state index contributed by atoms with van der Waals surface area (Å²) in [6, 6.07) is 8.75. The summed E-state index contributed by atoms with van der Waals surface area (Å²) in [6.45, 7) is 4.11. The van der Waals surface area contributed by atoms with Crippen molar-refractivity contribution in [2.75, 3.05) is 29.6 Å². The van der Waals surface area contributed by atoms with Gasteiger partial charge in [-0.25, -0.2) is 9.97 Å². The largest absolute Gasteiger partial charge is 0.391 e. The lowest BCUT2D eigenvalue weighted by Gasteiger charge is -2.35. The summed E-state index contributed by atoms with van der Waals surface area (Å²) in [7, 11) is 0. The molecule has 7 heteroatoms. The number of pyridine rings is 1. The molecule has 156 valence electrons. The highest BCUT2D eigenvalue weighted by Crippen LogP contribution is 2.39. The Balaban J connectivity index is 1.35. The first-order valence-electron chi connectivity index (χ1n) is 10.5. The fourth-order valence-electron chi connectivity index (χ4n) is 4.99. The maximum absolute atomic E-state index is 10.7. The maximum Gasteiger partial charge on any atom is 0.144 e. The van der Waals surface area contributed by atoms with Gasteiger partial charge in [-0.2, -0.15) is 0 Å². The van der Waals surface area contributed by atoms with Gasteiger partial charge in [0, 0.05) is 35.8 Å². The SMILES string of the molecule is CSc1ccc2c(C)cc(N3C[C@H]4C[C@@H](Nc5cnccn5)[C@H](O)C[C@H]4C3)nc2c1. The number of rotatable bonds is 4. The molecule has 0 radical (unpaired) electrons. The molecule has 3 heterocycles. The Morgan fingerprint density at radius 2 is 1.97 bits per heavy atom. The van der Waals surface area contributed by atoms with E-state index in [1.54, 1.807) is 30.4 Å². The van der Waals surface area contributed by atoms with E-state index in [4.69, 9.17) is 4.98 Å². The molecule has 30 heavy (non-hydrogen) atoms. The third kappa shape index (κ3) is 3.72. The van der Waals surface area contributed by atoms with Gasteiger partial charge < -0.3 is 15.3 Å². The molecule has 3 aromatic rings. The standard InChI is InChI=1S/C23H27N5OS/c1-14-7-23(27-19-10-17(30-2)3-4-18(14)19)28-12-15-8-20(21(29)9-16(15)13-28)26-22-11-24-5-6-25-22/h3-7,10-11,15-16,20-21,29H,8-9,12-13H2,1-2H3,(H,25,26)/t15-,16+,20-,21-/m1/s1. The van der Waals surface area contributed by atoms with Crippen molar-refractivity contribution in [3.8, 4) is 0 Å². The normalized spacial score (nSPS) is 26.0. The van der Waals surface area contributed by atoms with E-state index in [-0.39, 0.29) is 12.1 Å². The molecule has 0 spiro atoms. The van der Waals surface area contributed by atoms with Crippen LogP contribution in [-0.4, -0.2) is 51.5 Å². The summed E-state index contributed by atoms with van der Waals surface area (Å²) in [5.41, 5.74) is 2.33. The zero-order valence-corrected chi connectivity index (χ0v) is 18.1. The van der Waals surface area contributed by atoms with Gasteiger partial charge in [-0.3, -0.25) is 4.98 Å². The van der Waals surface area contributed by atoms with Gasteiger partial charge in [0.2, 0.25) is 0 Å². The van der Waals surface area contributed by atoms with Gasteiger partial charge in [-0.05, 0) is 61.6 Å². The highest BCUT2D eigenvalue weighted by molar-refractivity contribution is 7.98. The number of aryl methyl sites for hydroxylation is 1. The number of nitrogens with zero attached hydrogens (tertiary/aromatic N) is 4. The van der Waals surface area contributed by atoms with Gasteiger partial charge in [0.1, 0.15) is 11.6 Å². The van der Waals surface area contributed by atoms with Gasteiger partial charge in [0.15, 0.2) is 0 Å². The lowest BCUT2D eigenvalue weighted by molar-refractivity contribution is 0.0737. The van der Waals surface area contributed by atoms with E-state index in [0.29, 0.717) is 11.8 Å². The average Bonchev–Trinajstić information content (AvgIpc) is 3.17. The van der Waals surface area contributed by atoms with Crippen LogP contribution in [0.25, 0.3) is 10.9 Å². The number of hydrogen-bond acceptors (Lipinski definition) is 7. The van der Waals surface area contributed by atoms with Gasteiger partial charge in [-0.1, -0.05) is 6.07 Å². The van der Waals surface area contributed by atoms with Crippen LogP contribution in [-0.2, 0) is 0 Å². The second-order valence-corrected chi connectivity index (χ2v) is 9.37. The number of aliphatic hydroxyl groups is 1. The third-order valence-electron chi connectivity index (χ3n) is 6.57. The predicted molar refractivity (Wildman–Crippen MR) is 122 cm³/mol. The van der Waals surface area contributed by atoms with Crippen molar-refractivity contribution in [2.24, 2.45) is 11.8 Å². The van der Waals surface area contributed by atoms with Crippen molar-refractivity contribution >= 4 is 34.3 Å². The van der Waals surface area contributed by atoms with E-state index >= 15 is 0 Å². The van der Waals surface area contributed by atoms with Crippen LogP contribution in [0.3, 0.4) is 0 Å². The minimum Gasteiger partial charge on any atom is -0.391 e. The van der Waals surface area contributed by atoms with Gasteiger partial charge in [-0.15, -0.1) is 11.8 Å². The van der Waals surface area contributed by atoms with Crippen LogP contribution in [0.2, 0.25) is 0 Å². The number of nitrogens with one attached hydrogen (secondary N) is 1. The molecule has 1 saturated carbocycles. The lowest BCUT2D eigenvalue weighted by atomic mass is 9.77. The average molecular weight is 422 g/mol. The molecule has 1 aromatic carbocycles. The van der Waals surface area contributed by atoms with Crippen molar-refractivity contribution in [2.45, 2.75) is 36.8 Å². The lowest BCUT2D eigenvalue weighted by Crippen LogP contribution is -2.43. The minimum atomic E-state index is -0.372. The molecule has 2 N–H and O–H groups in total. The summed E-state index contributed by atoms with van der Waals surface area (Å²) >= 11 is 1.75. The molecule has 0 bridgehead atoms. The molecular formula is C23H27N5OS. The molecule has 2 aliphatic rings. The summed E-state index contributed by atoms with van der Waals surface area (Å²) in [4.78, 5) is 17.1. The van der Waals surface area contributed by atoms with Crippen LogP contribution in [0.5, 0.6) is 0 Å². The maximum atomic E-state index is 10.7. The van der Waals surface area contributed by atoms with E-state index in [9.17, 15) is 5.11 Å². The molecular weight excluding hydrogens is 394 g/mol. The Labute approximate surface area is 181 Å². The second kappa shape index (κ2) is 8.04. The van der Waals surface area contributed by atoms with E-state index in [1.165, 1.54) is 15.8 Å². The monoisotopic (exact) mass is 421 g/mol. The molecule has 0 amide bonds. The summed E-state index contributed by atoms with van der Waals surface area (Å²) in [5.74, 6) is 2.82.